The molecule has 1 amide bonds. The molecule has 0 saturated heterocycles. The molecule has 0 fully saturated rings. The van der Waals surface area contributed by atoms with Gasteiger partial charge in [0.05, 0.1) is 16.7 Å². The molecule has 0 spiro atoms. The molecule has 5 nitrogen and oxygen atoms in total. The van der Waals surface area contributed by atoms with E-state index >= 15 is 0 Å². The van der Waals surface area contributed by atoms with Crippen molar-refractivity contribution in [2.75, 3.05) is 12.8 Å². The molecule has 23 heavy (non-hydrogen) atoms. The lowest BCUT2D eigenvalue weighted by Crippen LogP contribution is -2.25. The number of halogens is 1. The van der Waals surface area contributed by atoms with E-state index in [-0.39, 0.29) is 17.2 Å². The monoisotopic (exact) mass is 353 g/mol. The van der Waals surface area contributed by atoms with Crippen LogP contribution in [0.25, 0.3) is 10.9 Å². The molecule has 0 unspecified atom stereocenters. The van der Waals surface area contributed by atoms with Crippen LogP contribution in [0.2, 0.25) is 5.02 Å². The lowest BCUT2D eigenvalue weighted by Gasteiger charge is -2.13. The summed E-state index contributed by atoms with van der Waals surface area (Å²) in [4.78, 5) is 28.8. The van der Waals surface area contributed by atoms with Gasteiger partial charge in [-0.1, -0.05) is 43.1 Å². The van der Waals surface area contributed by atoms with E-state index in [9.17, 15) is 9.59 Å². The molecule has 0 bridgehead atoms. The van der Waals surface area contributed by atoms with Crippen molar-refractivity contribution in [3.8, 4) is 0 Å². The second-order valence-corrected chi connectivity index (χ2v) is 6.56. The van der Waals surface area contributed by atoms with Gasteiger partial charge in [-0.15, -0.1) is 0 Å². The highest BCUT2D eigenvalue weighted by molar-refractivity contribution is 7.99. The third kappa shape index (κ3) is 4.48. The number of rotatable bonds is 7. The van der Waals surface area contributed by atoms with Crippen LogP contribution < -0.4 is 10.9 Å². The van der Waals surface area contributed by atoms with E-state index in [4.69, 9.17) is 11.6 Å². The zero-order valence-electron chi connectivity index (χ0n) is 13.3. The molecular formula is C16H20ClN3O2S. The molecule has 1 aromatic heterocycles. The molecule has 2 rings (SSSR count). The highest BCUT2D eigenvalue weighted by atomic mass is 35.5. The van der Waals surface area contributed by atoms with Crippen LogP contribution >= 0.6 is 23.4 Å². The average Bonchev–Trinajstić information content (AvgIpc) is 2.54. The van der Waals surface area contributed by atoms with Gasteiger partial charge < -0.3 is 5.32 Å². The van der Waals surface area contributed by atoms with Crippen LogP contribution in [0.4, 0.5) is 0 Å². The van der Waals surface area contributed by atoms with E-state index in [1.54, 1.807) is 29.8 Å². The lowest BCUT2D eigenvalue weighted by atomic mass is 10.2. The molecule has 124 valence electrons. The lowest BCUT2D eigenvalue weighted by molar-refractivity contribution is -0.118. The van der Waals surface area contributed by atoms with Gasteiger partial charge in [-0.05, 0) is 24.6 Å². The van der Waals surface area contributed by atoms with Gasteiger partial charge in [0.15, 0.2) is 5.16 Å². The van der Waals surface area contributed by atoms with Crippen molar-refractivity contribution in [2.45, 2.75) is 37.9 Å². The zero-order valence-corrected chi connectivity index (χ0v) is 14.8. The Bertz CT molecular complexity index is 761. The number of fused-ring (bicyclic) bond motifs is 1. The van der Waals surface area contributed by atoms with Gasteiger partial charge in [0, 0.05) is 18.6 Å². The first-order chi connectivity index (χ1) is 11.1. The third-order valence-corrected chi connectivity index (χ3v) is 4.69. The van der Waals surface area contributed by atoms with Crippen molar-refractivity contribution < 1.29 is 4.79 Å². The van der Waals surface area contributed by atoms with Crippen molar-refractivity contribution in [3.05, 3.63) is 33.6 Å². The molecule has 1 heterocycles. The molecule has 0 atom stereocenters. The third-order valence-electron chi connectivity index (χ3n) is 3.48. The number of amides is 1. The van der Waals surface area contributed by atoms with E-state index in [1.807, 2.05) is 0 Å². The summed E-state index contributed by atoms with van der Waals surface area (Å²) in [7, 11) is 1.59. The molecule has 2 aromatic rings. The standard InChI is InChI=1S/C16H20ClN3O2S/c1-3-4-5-8-20-15(22)12-7-6-11(17)9-13(12)19-16(20)23-10-14(21)18-2/h6-7,9H,3-5,8,10H2,1-2H3,(H,18,21). The first-order valence-corrected chi connectivity index (χ1v) is 8.96. The number of carbonyl (C=O) groups is 1. The summed E-state index contributed by atoms with van der Waals surface area (Å²) in [6, 6.07) is 5.08. The van der Waals surface area contributed by atoms with Crippen LogP contribution in [0.15, 0.2) is 28.2 Å². The molecular weight excluding hydrogens is 334 g/mol. The fourth-order valence-corrected chi connectivity index (χ4v) is 3.27. The topological polar surface area (TPSA) is 64.0 Å². The smallest absolute Gasteiger partial charge is 0.262 e. The molecule has 1 aromatic carbocycles. The van der Waals surface area contributed by atoms with Crippen LogP contribution in [-0.2, 0) is 11.3 Å². The SMILES string of the molecule is CCCCCn1c(SCC(=O)NC)nc2cc(Cl)ccc2c1=O. The van der Waals surface area contributed by atoms with E-state index in [0.717, 1.165) is 19.3 Å². The molecule has 0 saturated carbocycles. The van der Waals surface area contributed by atoms with Crippen LogP contribution in [0.3, 0.4) is 0 Å². The van der Waals surface area contributed by atoms with Crippen LogP contribution in [0.5, 0.6) is 0 Å². The minimum Gasteiger partial charge on any atom is -0.358 e. The Morgan fingerprint density at radius 1 is 1.39 bits per heavy atom. The largest absolute Gasteiger partial charge is 0.358 e. The molecule has 0 aliphatic heterocycles. The number of hydrogen-bond donors (Lipinski definition) is 1. The van der Waals surface area contributed by atoms with Gasteiger partial charge >= 0.3 is 0 Å². The molecule has 1 N–H and O–H groups in total. The van der Waals surface area contributed by atoms with Crippen molar-refractivity contribution in [2.24, 2.45) is 0 Å². The summed E-state index contributed by atoms with van der Waals surface area (Å²) >= 11 is 7.27. The number of nitrogens with one attached hydrogen (secondary N) is 1. The minimum absolute atomic E-state index is 0.0813. The first-order valence-electron chi connectivity index (χ1n) is 7.60. The number of unbranched alkanes of at least 4 members (excludes halogenated alkanes) is 2. The Morgan fingerprint density at radius 3 is 2.87 bits per heavy atom. The summed E-state index contributed by atoms with van der Waals surface area (Å²) < 4.78 is 1.67. The van der Waals surface area contributed by atoms with Crippen molar-refractivity contribution in [1.82, 2.24) is 14.9 Å². The van der Waals surface area contributed by atoms with E-state index < -0.39 is 0 Å². The summed E-state index contributed by atoms with van der Waals surface area (Å²) in [6.07, 6.45) is 3.03. The summed E-state index contributed by atoms with van der Waals surface area (Å²) in [5.74, 6) is 0.124. The van der Waals surface area contributed by atoms with Crippen LogP contribution in [0, 0.1) is 0 Å². The van der Waals surface area contributed by atoms with Crippen LogP contribution in [-0.4, -0.2) is 28.3 Å². The number of aromatic nitrogens is 2. The van der Waals surface area contributed by atoms with Gasteiger partial charge in [-0.3, -0.25) is 14.2 Å². The highest BCUT2D eigenvalue weighted by Gasteiger charge is 2.13. The maximum absolute atomic E-state index is 12.7. The van der Waals surface area contributed by atoms with Crippen molar-refractivity contribution in [3.63, 3.8) is 0 Å². The number of nitrogens with zero attached hydrogens (tertiary/aromatic N) is 2. The Morgan fingerprint density at radius 2 is 2.17 bits per heavy atom. The molecule has 0 aliphatic carbocycles. The predicted octanol–water partition coefficient (Wildman–Crippen LogP) is 3.08. The fourth-order valence-electron chi connectivity index (χ4n) is 2.20. The number of benzene rings is 1. The number of hydrogen-bond acceptors (Lipinski definition) is 4. The van der Waals surface area contributed by atoms with Crippen molar-refractivity contribution >= 4 is 40.2 Å². The summed E-state index contributed by atoms with van der Waals surface area (Å²) in [6.45, 7) is 2.72. The Kier molecular flexibility index (Phi) is 6.47. The van der Waals surface area contributed by atoms with Gasteiger partial charge in [-0.25, -0.2) is 4.98 Å². The van der Waals surface area contributed by atoms with E-state index in [2.05, 4.69) is 17.2 Å². The zero-order chi connectivity index (χ0) is 16.8. The van der Waals surface area contributed by atoms with Gasteiger partial charge in [0.2, 0.25) is 5.91 Å². The first kappa shape index (κ1) is 17.8. The van der Waals surface area contributed by atoms with Crippen molar-refractivity contribution in [1.29, 1.82) is 0 Å². The number of carbonyl (C=O) groups excluding carboxylic acids is 1. The maximum Gasteiger partial charge on any atom is 0.262 e. The molecule has 7 heteroatoms. The van der Waals surface area contributed by atoms with Crippen LogP contribution in [0.1, 0.15) is 26.2 Å². The molecule has 0 aliphatic rings. The minimum atomic E-state index is -0.101. The Hall–Kier alpha value is -1.53. The second kappa shape index (κ2) is 8.36. The van der Waals surface area contributed by atoms with E-state index in [0.29, 0.717) is 27.6 Å². The van der Waals surface area contributed by atoms with E-state index in [1.165, 1.54) is 11.8 Å². The maximum atomic E-state index is 12.7. The molecule has 0 radical (unpaired) electrons. The summed E-state index contributed by atoms with van der Waals surface area (Å²) in [5, 5.41) is 4.22. The predicted molar refractivity (Wildman–Crippen MR) is 95.3 cm³/mol. The second-order valence-electron chi connectivity index (χ2n) is 5.18. The average molecular weight is 354 g/mol. The van der Waals surface area contributed by atoms with Gasteiger partial charge in [-0.2, -0.15) is 0 Å². The number of thioether (sulfide) groups is 1. The van der Waals surface area contributed by atoms with Gasteiger partial charge in [0.1, 0.15) is 0 Å². The quantitative estimate of drug-likeness (QED) is 0.472. The Balaban J connectivity index is 2.44. The fraction of sp³-hybridized carbons (Fsp3) is 0.438. The normalized spacial score (nSPS) is 10.9. The van der Waals surface area contributed by atoms with Gasteiger partial charge in [0.25, 0.3) is 5.56 Å². The highest BCUT2D eigenvalue weighted by Crippen LogP contribution is 2.20. The Labute approximate surface area is 144 Å². The summed E-state index contributed by atoms with van der Waals surface area (Å²) in [5.41, 5.74) is 0.482.